The molecule has 80 valence electrons. The Morgan fingerprint density at radius 1 is 1.33 bits per heavy atom. The highest BCUT2D eigenvalue weighted by molar-refractivity contribution is 5.83. The van der Waals surface area contributed by atoms with Gasteiger partial charge < -0.3 is 15.2 Å². The molecule has 0 heterocycles. The molecule has 1 aromatic rings. The van der Waals surface area contributed by atoms with Crippen LogP contribution in [-0.4, -0.2) is 17.9 Å². The summed E-state index contributed by atoms with van der Waals surface area (Å²) in [5.41, 5.74) is 0.848. The van der Waals surface area contributed by atoms with Gasteiger partial charge in [0, 0.05) is 0 Å². The van der Waals surface area contributed by atoms with E-state index in [0.29, 0.717) is 0 Å². The van der Waals surface area contributed by atoms with Crippen molar-refractivity contribution in [3.63, 3.8) is 0 Å². The Morgan fingerprint density at radius 3 is 2.47 bits per heavy atom. The van der Waals surface area contributed by atoms with Gasteiger partial charge in [-0.1, -0.05) is 30.3 Å². The Hall–Kier alpha value is -1.84. The molecule has 0 fully saturated rings. The van der Waals surface area contributed by atoms with Crippen LogP contribution >= 0.6 is 0 Å². The van der Waals surface area contributed by atoms with Crippen LogP contribution in [0.5, 0.6) is 0 Å². The average molecular weight is 206 g/mol. The Bertz CT molecular complexity index is 348. The molecule has 0 bridgehead atoms. The molecule has 0 aliphatic rings. The van der Waals surface area contributed by atoms with Crippen molar-refractivity contribution >= 4 is 11.9 Å². The van der Waals surface area contributed by atoms with E-state index in [-0.39, 0.29) is 12.3 Å². The van der Waals surface area contributed by atoms with Crippen LogP contribution in [0.3, 0.4) is 0 Å². The summed E-state index contributed by atoms with van der Waals surface area (Å²) >= 11 is 0. The third kappa shape index (κ3) is 3.81. The Balaban J connectivity index is 2.47. The molecule has 0 aromatic heterocycles. The first-order valence-corrected chi connectivity index (χ1v) is 4.63. The van der Waals surface area contributed by atoms with Crippen LogP contribution in [0.25, 0.3) is 0 Å². The number of benzene rings is 1. The van der Waals surface area contributed by atoms with Crippen LogP contribution < -0.4 is 10.4 Å². The fourth-order valence-corrected chi connectivity index (χ4v) is 1.13. The van der Waals surface area contributed by atoms with E-state index in [1.807, 2.05) is 30.3 Å². The van der Waals surface area contributed by atoms with Crippen LogP contribution in [0.4, 0.5) is 0 Å². The first-order chi connectivity index (χ1) is 7.09. The van der Waals surface area contributed by atoms with Gasteiger partial charge in [-0.05, 0) is 12.5 Å². The summed E-state index contributed by atoms with van der Waals surface area (Å²) in [5, 5.41) is 12.7. The van der Waals surface area contributed by atoms with Gasteiger partial charge in [-0.25, -0.2) is 0 Å². The Morgan fingerprint density at radius 2 is 1.93 bits per heavy atom. The van der Waals surface area contributed by atoms with Gasteiger partial charge in [0.15, 0.2) is 0 Å². The molecule has 0 saturated heterocycles. The van der Waals surface area contributed by atoms with E-state index in [2.05, 4.69) is 5.32 Å². The molecule has 1 aromatic carbocycles. The number of amides is 1. The van der Waals surface area contributed by atoms with Crippen molar-refractivity contribution in [2.24, 2.45) is 0 Å². The van der Waals surface area contributed by atoms with Crippen LogP contribution in [-0.2, 0) is 16.0 Å². The zero-order valence-corrected chi connectivity index (χ0v) is 8.40. The van der Waals surface area contributed by atoms with Crippen molar-refractivity contribution in [2.45, 2.75) is 19.4 Å². The number of carboxylic acid groups (broad SMARTS) is 1. The maximum atomic E-state index is 11.3. The van der Waals surface area contributed by atoms with Gasteiger partial charge in [0.05, 0.1) is 18.4 Å². The molecule has 1 atom stereocenters. The topological polar surface area (TPSA) is 69.2 Å². The van der Waals surface area contributed by atoms with E-state index in [1.54, 1.807) is 0 Å². The van der Waals surface area contributed by atoms with Crippen molar-refractivity contribution < 1.29 is 14.7 Å². The predicted molar refractivity (Wildman–Crippen MR) is 52.8 cm³/mol. The molecular formula is C11H12NO3-. The minimum absolute atomic E-state index is 0.179. The van der Waals surface area contributed by atoms with Crippen molar-refractivity contribution in [3.05, 3.63) is 35.9 Å². The largest absolute Gasteiger partial charge is 0.548 e. The predicted octanol–water partition coefficient (Wildman–Crippen LogP) is -0.516. The smallest absolute Gasteiger partial charge is 0.224 e. The van der Waals surface area contributed by atoms with Gasteiger partial charge in [0.25, 0.3) is 0 Å². The average Bonchev–Trinajstić information content (AvgIpc) is 2.18. The monoisotopic (exact) mass is 206 g/mol. The zero-order chi connectivity index (χ0) is 11.3. The Kier molecular flexibility index (Phi) is 3.85. The lowest BCUT2D eigenvalue weighted by atomic mass is 10.1. The number of carboxylic acids is 1. The molecule has 1 amide bonds. The highest BCUT2D eigenvalue weighted by Gasteiger charge is 2.07. The normalized spacial score (nSPS) is 11.8. The standard InChI is InChI=1S/C11H13NO3/c1-8(11(14)15)12-10(13)7-9-5-3-2-4-6-9/h2-6,8H,7H2,1H3,(H,12,13)(H,14,15)/p-1/t8-/m1/s1. The van der Waals surface area contributed by atoms with E-state index in [0.717, 1.165) is 5.56 Å². The molecule has 1 rings (SSSR count). The Labute approximate surface area is 87.9 Å². The zero-order valence-electron chi connectivity index (χ0n) is 8.40. The minimum atomic E-state index is -1.28. The quantitative estimate of drug-likeness (QED) is 0.721. The second-order valence-electron chi connectivity index (χ2n) is 3.27. The summed E-state index contributed by atoms with van der Waals surface area (Å²) in [4.78, 5) is 21.7. The van der Waals surface area contributed by atoms with Crippen LogP contribution in [0.15, 0.2) is 30.3 Å². The van der Waals surface area contributed by atoms with Crippen molar-refractivity contribution in [1.82, 2.24) is 5.32 Å². The number of nitrogens with one attached hydrogen (secondary N) is 1. The lowest BCUT2D eigenvalue weighted by Crippen LogP contribution is -2.46. The summed E-state index contributed by atoms with van der Waals surface area (Å²) < 4.78 is 0. The maximum absolute atomic E-state index is 11.3. The third-order valence-electron chi connectivity index (χ3n) is 1.94. The van der Waals surface area contributed by atoms with Gasteiger partial charge in [-0.3, -0.25) is 4.79 Å². The molecule has 4 heteroatoms. The minimum Gasteiger partial charge on any atom is -0.548 e. The number of carbonyl (C=O) groups excluding carboxylic acids is 2. The SMILES string of the molecule is C[C@@H](NC(=O)Cc1ccccc1)C(=O)[O-]. The van der Waals surface area contributed by atoms with E-state index < -0.39 is 12.0 Å². The second-order valence-corrected chi connectivity index (χ2v) is 3.27. The third-order valence-corrected chi connectivity index (χ3v) is 1.94. The summed E-state index contributed by atoms with van der Waals surface area (Å²) in [5.74, 6) is -1.60. The van der Waals surface area contributed by atoms with Crippen LogP contribution in [0, 0.1) is 0 Å². The highest BCUT2D eigenvalue weighted by Crippen LogP contribution is 1.99. The molecule has 15 heavy (non-hydrogen) atoms. The van der Waals surface area contributed by atoms with Crippen LogP contribution in [0.2, 0.25) is 0 Å². The molecule has 0 unspecified atom stereocenters. The molecule has 0 aliphatic carbocycles. The molecule has 0 spiro atoms. The molecule has 0 radical (unpaired) electrons. The molecule has 0 aliphatic heterocycles. The van der Waals surface area contributed by atoms with Crippen molar-refractivity contribution in [1.29, 1.82) is 0 Å². The first-order valence-electron chi connectivity index (χ1n) is 4.63. The van der Waals surface area contributed by atoms with Crippen molar-refractivity contribution in [3.8, 4) is 0 Å². The fourth-order valence-electron chi connectivity index (χ4n) is 1.13. The van der Waals surface area contributed by atoms with Gasteiger partial charge >= 0.3 is 0 Å². The maximum Gasteiger partial charge on any atom is 0.224 e. The molecule has 0 saturated carbocycles. The van der Waals surface area contributed by atoms with Crippen molar-refractivity contribution in [2.75, 3.05) is 0 Å². The second kappa shape index (κ2) is 5.14. The summed E-state index contributed by atoms with van der Waals surface area (Å²) in [6.07, 6.45) is 0.179. The summed E-state index contributed by atoms with van der Waals surface area (Å²) in [6.45, 7) is 1.37. The fraction of sp³-hybridized carbons (Fsp3) is 0.273. The van der Waals surface area contributed by atoms with Gasteiger partial charge in [0.1, 0.15) is 0 Å². The molecular weight excluding hydrogens is 194 g/mol. The molecule has 1 N–H and O–H groups in total. The number of carbonyl (C=O) groups is 2. The van der Waals surface area contributed by atoms with E-state index in [4.69, 9.17) is 0 Å². The molecule has 4 nitrogen and oxygen atoms in total. The highest BCUT2D eigenvalue weighted by atomic mass is 16.4. The number of hydrogen-bond acceptors (Lipinski definition) is 3. The lowest BCUT2D eigenvalue weighted by Gasteiger charge is -2.14. The number of rotatable bonds is 4. The van der Waals surface area contributed by atoms with Gasteiger partial charge in [0.2, 0.25) is 5.91 Å². The van der Waals surface area contributed by atoms with Gasteiger partial charge in [-0.15, -0.1) is 0 Å². The first kappa shape index (κ1) is 11.2. The van der Waals surface area contributed by atoms with Gasteiger partial charge in [-0.2, -0.15) is 0 Å². The number of hydrogen-bond donors (Lipinski definition) is 1. The lowest BCUT2D eigenvalue weighted by molar-refractivity contribution is -0.307. The van der Waals surface area contributed by atoms with Crippen LogP contribution in [0.1, 0.15) is 12.5 Å². The summed E-state index contributed by atoms with van der Waals surface area (Å²) in [6, 6.07) is 8.16. The summed E-state index contributed by atoms with van der Waals surface area (Å²) in [7, 11) is 0. The number of aliphatic carboxylic acids is 1. The van der Waals surface area contributed by atoms with E-state index >= 15 is 0 Å². The van der Waals surface area contributed by atoms with E-state index in [9.17, 15) is 14.7 Å². The van der Waals surface area contributed by atoms with E-state index in [1.165, 1.54) is 6.92 Å².